The summed E-state index contributed by atoms with van der Waals surface area (Å²) in [7, 11) is 1.50. The van der Waals surface area contributed by atoms with Crippen molar-refractivity contribution in [2.75, 3.05) is 20.3 Å². The molecule has 0 radical (unpaired) electrons. The molecule has 15 heavy (non-hydrogen) atoms. The van der Waals surface area contributed by atoms with E-state index in [2.05, 4.69) is 5.32 Å². The monoisotopic (exact) mass is 221 g/mol. The van der Waals surface area contributed by atoms with Crippen LogP contribution in [0.25, 0.3) is 0 Å². The molecule has 0 aliphatic carbocycles. The highest BCUT2D eigenvalue weighted by Gasteiger charge is 2.31. The maximum Gasteiger partial charge on any atom is 0.334 e. The molecule has 0 aliphatic heterocycles. The molecule has 0 saturated carbocycles. The Hall–Kier alpha value is -1.18. The molecule has 0 rings (SSSR count). The van der Waals surface area contributed by atoms with Gasteiger partial charge in [-0.3, -0.25) is 4.79 Å². The average Bonchev–Trinajstić information content (AvgIpc) is 2.16. The molecule has 7 nitrogen and oxygen atoms in total. The SMILES string of the molecule is COCCCNC(C(=O)O)C(O)C(=O)O. The van der Waals surface area contributed by atoms with Gasteiger partial charge in [0.25, 0.3) is 0 Å². The molecule has 4 N–H and O–H groups in total. The van der Waals surface area contributed by atoms with Crippen molar-refractivity contribution in [1.29, 1.82) is 0 Å². The van der Waals surface area contributed by atoms with Gasteiger partial charge >= 0.3 is 11.9 Å². The minimum Gasteiger partial charge on any atom is -0.480 e. The molecule has 0 aromatic rings. The Morgan fingerprint density at radius 3 is 2.33 bits per heavy atom. The number of carboxylic acid groups (broad SMARTS) is 2. The number of aliphatic hydroxyl groups is 1. The number of nitrogens with one attached hydrogen (secondary N) is 1. The van der Waals surface area contributed by atoms with Crippen LogP contribution in [-0.4, -0.2) is 59.7 Å². The van der Waals surface area contributed by atoms with Gasteiger partial charge in [-0.2, -0.15) is 0 Å². The Balaban J connectivity index is 4.05. The second-order valence-electron chi connectivity index (χ2n) is 2.90. The molecular formula is C8H15NO6. The van der Waals surface area contributed by atoms with Crippen molar-refractivity contribution in [3.63, 3.8) is 0 Å². The van der Waals surface area contributed by atoms with Crippen molar-refractivity contribution < 1.29 is 29.6 Å². The van der Waals surface area contributed by atoms with Crippen LogP contribution in [0.15, 0.2) is 0 Å². The smallest absolute Gasteiger partial charge is 0.334 e. The van der Waals surface area contributed by atoms with Crippen LogP contribution in [0.2, 0.25) is 0 Å². The molecule has 7 heteroatoms. The van der Waals surface area contributed by atoms with Crippen LogP contribution in [0.4, 0.5) is 0 Å². The van der Waals surface area contributed by atoms with Crippen molar-refractivity contribution in [1.82, 2.24) is 5.32 Å². The normalized spacial score (nSPS) is 14.5. The number of methoxy groups -OCH3 is 1. The van der Waals surface area contributed by atoms with Crippen LogP contribution in [0.5, 0.6) is 0 Å². The van der Waals surface area contributed by atoms with E-state index in [1.54, 1.807) is 0 Å². The van der Waals surface area contributed by atoms with E-state index in [1.807, 2.05) is 0 Å². The Kier molecular flexibility index (Phi) is 6.59. The summed E-state index contributed by atoms with van der Waals surface area (Å²) >= 11 is 0. The second kappa shape index (κ2) is 7.16. The van der Waals surface area contributed by atoms with E-state index < -0.39 is 24.1 Å². The highest BCUT2D eigenvalue weighted by atomic mass is 16.5. The summed E-state index contributed by atoms with van der Waals surface area (Å²) in [6.45, 7) is 0.692. The number of rotatable bonds is 8. The van der Waals surface area contributed by atoms with Crippen LogP contribution >= 0.6 is 0 Å². The highest BCUT2D eigenvalue weighted by Crippen LogP contribution is 1.95. The van der Waals surface area contributed by atoms with Crippen LogP contribution in [0.3, 0.4) is 0 Å². The number of hydrogen-bond donors (Lipinski definition) is 4. The minimum absolute atomic E-state index is 0.259. The van der Waals surface area contributed by atoms with Crippen molar-refractivity contribution in [3.8, 4) is 0 Å². The first-order valence-corrected chi connectivity index (χ1v) is 4.36. The first kappa shape index (κ1) is 13.8. The fourth-order valence-corrected chi connectivity index (χ4v) is 0.951. The van der Waals surface area contributed by atoms with Crippen molar-refractivity contribution in [3.05, 3.63) is 0 Å². The van der Waals surface area contributed by atoms with Gasteiger partial charge < -0.3 is 25.4 Å². The average molecular weight is 221 g/mol. The van der Waals surface area contributed by atoms with E-state index in [4.69, 9.17) is 20.1 Å². The van der Waals surface area contributed by atoms with Gasteiger partial charge in [-0.25, -0.2) is 4.79 Å². The molecule has 0 fully saturated rings. The van der Waals surface area contributed by atoms with Crippen LogP contribution < -0.4 is 5.32 Å². The van der Waals surface area contributed by atoms with Gasteiger partial charge in [-0.1, -0.05) is 0 Å². The molecule has 0 aliphatic rings. The van der Waals surface area contributed by atoms with E-state index in [0.717, 1.165) is 0 Å². The van der Waals surface area contributed by atoms with E-state index >= 15 is 0 Å². The third-order valence-corrected chi connectivity index (χ3v) is 1.72. The molecule has 0 aromatic heterocycles. The van der Waals surface area contributed by atoms with Crippen molar-refractivity contribution >= 4 is 11.9 Å². The van der Waals surface area contributed by atoms with Gasteiger partial charge in [0.15, 0.2) is 6.10 Å². The maximum atomic E-state index is 10.6. The zero-order chi connectivity index (χ0) is 11.8. The standard InChI is InChI=1S/C8H15NO6/c1-15-4-2-3-9-5(7(11)12)6(10)8(13)14/h5-6,9-10H,2-4H2,1H3,(H,11,12)(H,13,14). The molecule has 0 amide bonds. The molecule has 0 spiro atoms. The van der Waals surface area contributed by atoms with E-state index in [9.17, 15) is 9.59 Å². The predicted octanol–water partition coefficient (Wildman–Crippen LogP) is -1.49. The van der Waals surface area contributed by atoms with E-state index in [0.29, 0.717) is 13.0 Å². The lowest BCUT2D eigenvalue weighted by atomic mass is 10.1. The zero-order valence-electron chi connectivity index (χ0n) is 8.34. The maximum absolute atomic E-state index is 10.6. The molecule has 0 saturated heterocycles. The second-order valence-corrected chi connectivity index (χ2v) is 2.90. The molecular weight excluding hydrogens is 206 g/mol. The number of hydrogen-bond acceptors (Lipinski definition) is 5. The van der Waals surface area contributed by atoms with Gasteiger partial charge in [0.05, 0.1) is 0 Å². The highest BCUT2D eigenvalue weighted by molar-refractivity contribution is 5.84. The topological polar surface area (TPSA) is 116 Å². The summed E-state index contributed by atoms with van der Waals surface area (Å²) in [4.78, 5) is 20.9. The van der Waals surface area contributed by atoms with Crippen LogP contribution in [-0.2, 0) is 14.3 Å². The van der Waals surface area contributed by atoms with Crippen LogP contribution in [0.1, 0.15) is 6.42 Å². The Bertz CT molecular complexity index is 219. The summed E-state index contributed by atoms with van der Waals surface area (Å²) in [5.41, 5.74) is 0. The molecule has 0 bridgehead atoms. The number of aliphatic hydroxyl groups excluding tert-OH is 1. The number of carboxylic acids is 2. The lowest BCUT2D eigenvalue weighted by molar-refractivity contribution is -0.156. The molecule has 0 aromatic carbocycles. The van der Waals surface area contributed by atoms with E-state index in [1.165, 1.54) is 7.11 Å². The summed E-state index contributed by atoms with van der Waals surface area (Å²) in [5, 5.41) is 28.5. The molecule has 2 unspecified atom stereocenters. The lowest BCUT2D eigenvalue weighted by Crippen LogP contribution is -2.50. The van der Waals surface area contributed by atoms with Gasteiger partial charge in [0.1, 0.15) is 6.04 Å². The molecule has 2 atom stereocenters. The van der Waals surface area contributed by atoms with Crippen molar-refractivity contribution in [2.24, 2.45) is 0 Å². The minimum atomic E-state index is -1.95. The van der Waals surface area contributed by atoms with Gasteiger partial charge in [0.2, 0.25) is 0 Å². The number of carbonyl (C=O) groups is 2. The van der Waals surface area contributed by atoms with Crippen LogP contribution in [0, 0.1) is 0 Å². The summed E-state index contributed by atoms with van der Waals surface area (Å²) in [6, 6.07) is -1.50. The quantitative estimate of drug-likeness (QED) is 0.369. The Morgan fingerprint density at radius 1 is 1.33 bits per heavy atom. The number of ether oxygens (including phenoxy) is 1. The Labute approximate surface area is 86.7 Å². The Morgan fingerprint density at radius 2 is 1.93 bits per heavy atom. The third kappa shape index (κ3) is 5.31. The van der Waals surface area contributed by atoms with Gasteiger partial charge in [0, 0.05) is 13.7 Å². The van der Waals surface area contributed by atoms with Crippen molar-refractivity contribution in [2.45, 2.75) is 18.6 Å². The predicted molar refractivity (Wildman–Crippen MR) is 49.6 cm³/mol. The summed E-state index contributed by atoms with van der Waals surface area (Å²) in [5.74, 6) is -2.97. The fraction of sp³-hybridized carbons (Fsp3) is 0.750. The first-order valence-electron chi connectivity index (χ1n) is 4.36. The fourth-order valence-electron chi connectivity index (χ4n) is 0.951. The summed E-state index contributed by atoms with van der Waals surface area (Å²) in [6.07, 6.45) is -1.42. The largest absolute Gasteiger partial charge is 0.480 e. The lowest BCUT2D eigenvalue weighted by Gasteiger charge is -2.16. The van der Waals surface area contributed by atoms with Gasteiger partial charge in [-0.05, 0) is 13.0 Å². The summed E-state index contributed by atoms with van der Waals surface area (Å²) < 4.78 is 4.73. The third-order valence-electron chi connectivity index (χ3n) is 1.72. The first-order chi connectivity index (χ1) is 7.00. The molecule has 0 heterocycles. The zero-order valence-corrected chi connectivity index (χ0v) is 8.34. The van der Waals surface area contributed by atoms with Gasteiger partial charge in [-0.15, -0.1) is 0 Å². The molecule has 88 valence electrons. The van der Waals surface area contributed by atoms with E-state index in [-0.39, 0.29) is 6.54 Å². The number of aliphatic carboxylic acids is 2.